The zero-order chi connectivity index (χ0) is 21.0. The standard InChI is InChI=1S/C22H16F3N3OS/c23-22(24,25)20-12-16(10-11-26-20)27-13-17-14-30-21(28-17)15-6-8-19(9-7-15)29-18-4-2-1-3-5-18/h1-12,14H,13H2,(H,26,27). The number of hydrogen-bond acceptors (Lipinski definition) is 5. The minimum Gasteiger partial charge on any atom is -0.457 e. The molecule has 2 aromatic carbocycles. The second kappa shape index (κ2) is 8.54. The molecule has 1 N–H and O–H groups in total. The number of para-hydroxylation sites is 1. The Balaban J connectivity index is 1.39. The topological polar surface area (TPSA) is 47.0 Å². The maximum Gasteiger partial charge on any atom is 0.433 e. The molecule has 0 bridgehead atoms. The fraction of sp³-hybridized carbons (Fsp3) is 0.0909. The third kappa shape index (κ3) is 4.96. The van der Waals surface area contributed by atoms with Crippen molar-refractivity contribution in [3.8, 4) is 22.1 Å². The molecule has 0 radical (unpaired) electrons. The van der Waals surface area contributed by atoms with Gasteiger partial charge in [0.05, 0.1) is 12.2 Å². The van der Waals surface area contributed by atoms with Crippen LogP contribution in [0.25, 0.3) is 10.6 Å². The Morgan fingerprint density at radius 2 is 1.67 bits per heavy atom. The lowest BCUT2D eigenvalue weighted by atomic mass is 10.2. The molecular weight excluding hydrogens is 411 g/mol. The molecule has 4 aromatic rings. The predicted molar refractivity (Wildman–Crippen MR) is 111 cm³/mol. The molecule has 0 unspecified atom stereocenters. The fourth-order valence-corrected chi connectivity index (χ4v) is 3.52. The van der Waals surface area contributed by atoms with Gasteiger partial charge in [-0.05, 0) is 48.5 Å². The maximum absolute atomic E-state index is 12.8. The predicted octanol–water partition coefficient (Wildman–Crippen LogP) is 6.63. The molecule has 8 heteroatoms. The van der Waals surface area contributed by atoms with E-state index in [0.717, 1.165) is 40.0 Å². The third-order valence-corrected chi connectivity index (χ3v) is 5.10. The Morgan fingerprint density at radius 3 is 2.40 bits per heavy atom. The van der Waals surface area contributed by atoms with E-state index in [-0.39, 0.29) is 0 Å². The molecular formula is C22H16F3N3OS. The van der Waals surface area contributed by atoms with Crippen LogP contribution in [0.15, 0.2) is 78.3 Å². The number of anilines is 1. The summed E-state index contributed by atoms with van der Waals surface area (Å²) in [5.41, 5.74) is 1.10. The number of thiazole rings is 1. The summed E-state index contributed by atoms with van der Waals surface area (Å²) in [6.07, 6.45) is -3.33. The molecule has 0 saturated heterocycles. The van der Waals surface area contributed by atoms with E-state index in [1.807, 2.05) is 60.0 Å². The monoisotopic (exact) mass is 427 g/mol. The van der Waals surface area contributed by atoms with Crippen molar-refractivity contribution in [2.45, 2.75) is 12.7 Å². The maximum atomic E-state index is 12.8. The van der Waals surface area contributed by atoms with Crippen molar-refractivity contribution >= 4 is 17.0 Å². The largest absolute Gasteiger partial charge is 0.457 e. The highest BCUT2D eigenvalue weighted by Crippen LogP contribution is 2.30. The highest BCUT2D eigenvalue weighted by atomic mass is 32.1. The van der Waals surface area contributed by atoms with Crippen molar-refractivity contribution < 1.29 is 17.9 Å². The smallest absolute Gasteiger partial charge is 0.433 e. The van der Waals surface area contributed by atoms with Crippen molar-refractivity contribution in [1.82, 2.24) is 9.97 Å². The fourth-order valence-electron chi connectivity index (χ4n) is 2.70. The SMILES string of the molecule is FC(F)(F)c1cc(NCc2csc(-c3ccc(Oc4ccccc4)cc3)n2)ccn1. The first kappa shape index (κ1) is 19.9. The van der Waals surface area contributed by atoms with Gasteiger partial charge in [-0.1, -0.05) is 18.2 Å². The summed E-state index contributed by atoms with van der Waals surface area (Å²) in [5, 5.41) is 5.66. The van der Waals surface area contributed by atoms with Crippen LogP contribution in [0.3, 0.4) is 0 Å². The summed E-state index contributed by atoms with van der Waals surface area (Å²) in [7, 11) is 0. The number of alkyl halides is 3. The number of nitrogens with one attached hydrogen (secondary N) is 1. The average Bonchev–Trinajstić information content (AvgIpc) is 3.22. The van der Waals surface area contributed by atoms with Crippen LogP contribution in [-0.2, 0) is 12.7 Å². The minimum atomic E-state index is -4.47. The van der Waals surface area contributed by atoms with Gasteiger partial charge in [-0.3, -0.25) is 4.98 Å². The Labute approximate surface area is 175 Å². The summed E-state index contributed by atoms with van der Waals surface area (Å²) in [5.74, 6) is 1.49. The van der Waals surface area contributed by atoms with Gasteiger partial charge in [0.25, 0.3) is 0 Å². The molecule has 0 atom stereocenters. The summed E-state index contributed by atoms with van der Waals surface area (Å²) in [6.45, 7) is 0.313. The van der Waals surface area contributed by atoms with Gasteiger partial charge in [0.15, 0.2) is 0 Å². The van der Waals surface area contributed by atoms with Gasteiger partial charge in [0.2, 0.25) is 0 Å². The Morgan fingerprint density at radius 1 is 0.933 bits per heavy atom. The van der Waals surface area contributed by atoms with Crippen LogP contribution in [0.4, 0.5) is 18.9 Å². The molecule has 0 aliphatic rings. The summed E-state index contributed by atoms with van der Waals surface area (Å²) in [6, 6.07) is 19.6. The van der Waals surface area contributed by atoms with Gasteiger partial charge in [-0.15, -0.1) is 11.3 Å². The van der Waals surface area contributed by atoms with E-state index in [1.165, 1.54) is 17.4 Å². The molecule has 152 valence electrons. The minimum absolute atomic E-state index is 0.313. The van der Waals surface area contributed by atoms with Crippen molar-refractivity contribution in [3.05, 3.63) is 89.7 Å². The van der Waals surface area contributed by atoms with Gasteiger partial charge in [0.1, 0.15) is 22.2 Å². The first-order valence-electron chi connectivity index (χ1n) is 9.02. The Kier molecular flexibility index (Phi) is 5.67. The number of aromatic nitrogens is 2. The lowest BCUT2D eigenvalue weighted by Crippen LogP contribution is -2.09. The van der Waals surface area contributed by atoms with Crippen LogP contribution < -0.4 is 10.1 Å². The summed E-state index contributed by atoms with van der Waals surface area (Å²) < 4.78 is 44.1. The van der Waals surface area contributed by atoms with Crippen LogP contribution in [-0.4, -0.2) is 9.97 Å². The van der Waals surface area contributed by atoms with Gasteiger partial charge in [0, 0.05) is 22.8 Å². The second-order valence-electron chi connectivity index (χ2n) is 6.36. The van der Waals surface area contributed by atoms with Crippen molar-refractivity contribution in [2.24, 2.45) is 0 Å². The first-order valence-corrected chi connectivity index (χ1v) is 9.90. The van der Waals surface area contributed by atoms with Gasteiger partial charge < -0.3 is 10.1 Å². The van der Waals surface area contributed by atoms with Crippen LogP contribution in [0.1, 0.15) is 11.4 Å². The van der Waals surface area contributed by atoms with Crippen molar-refractivity contribution in [3.63, 3.8) is 0 Å². The van der Waals surface area contributed by atoms with Crippen molar-refractivity contribution in [2.75, 3.05) is 5.32 Å². The number of pyridine rings is 1. The molecule has 0 aliphatic heterocycles. The first-order chi connectivity index (χ1) is 14.5. The molecule has 4 rings (SSSR count). The number of ether oxygens (including phenoxy) is 1. The molecule has 2 heterocycles. The van der Waals surface area contributed by atoms with Gasteiger partial charge >= 0.3 is 6.18 Å². The number of benzene rings is 2. The lowest BCUT2D eigenvalue weighted by molar-refractivity contribution is -0.141. The van der Waals surface area contributed by atoms with E-state index >= 15 is 0 Å². The zero-order valence-electron chi connectivity index (χ0n) is 15.6. The van der Waals surface area contributed by atoms with E-state index in [1.54, 1.807) is 0 Å². The Hall–Kier alpha value is -3.39. The number of nitrogens with zero attached hydrogens (tertiary/aromatic N) is 2. The number of hydrogen-bond donors (Lipinski definition) is 1. The van der Waals surface area contributed by atoms with Crippen LogP contribution in [0, 0.1) is 0 Å². The number of halogens is 3. The van der Waals surface area contributed by atoms with Crippen LogP contribution >= 0.6 is 11.3 Å². The summed E-state index contributed by atoms with van der Waals surface area (Å²) in [4.78, 5) is 7.91. The molecule has 0 fully saturated rings. The van der Waals surface area contributed by atoms with E-state index in [2.05, 4.69) is 15.3 Å². The Bertz CT molecular complexity index is 1110. The lowest BCUT2D eigenvalue weighted by Gasteiger charge is -2.08. The molecule has 0 amide bonds. The van der Waals surface area contributed by atoms with E-state index in [4.69, 9.17) is 4.74 Å². The summed E-state index contributed by atoms with van der Waals surface area (Å²) >= 11 is 1.47. The highest BCUT2D eigenvalue weighted by molar-refractivity contribution is 7.13. The quantitative estimate of drug-likeness (QED) is 0.375. The molecule has 0 spiro atoms. The number of rotatable bonds is 6. The van der Waals surface area contributed by atoms with Gasteiger partial charge in [-0.25, -0.2) is 4.98 Å². The zero-order valence-corrected chi connectivity index (χ0v) is 16.4. The average molecular weight is 427 g/mol. The molecule has 0 saturated carbocycles. The third-order valence-electron chi connectivity index (χ3n) is 4.16. The van der Waals surface area contributed by atoms with E-state index < -0.39 is 11.9 Å². The van der Waals surface area contributed by atoms with Gasteiger partial charge in [-0.2, -0.15) is 13.2 Å². The van der Waals surface area contributed by atoms with Crippen LogP contribution in [0.5, 0.6) is 11.5 Å². The highest BCUT2D eigenvalue weighted by Gasteiger charge is 2.32. The molecule has 0 aliphatic carbocycles. The normalized spacial score (nSPS) is 11.3. The molecule has 30 heavy (non-hydrogen) atoms. The van der Waals surface area contributed by atoms with Crippen LogP contribution in [0.2, 0.25) is 0 Å². The molecule has 4 nitrogen and oxygen atoms in total. The second-order valence-corrected chi connectivity index (χ2v) is 7.22. The molecule has 2 aromatic heterocycles. The van der Waals surface area contributed by atoms with E-state index in [9.17, 15) is 13.2 Å². The van der Waals surface area contributed by atoms with E-state index in [0.29, 0.717) is 12.2 Å². The van der Waals surface area contributed by atoms with Crippen molar-refractivity contribution in [1.29, 1.82) is 0 Å².